The minimum absolute atomic E-state index is 0.199. The van der Waals surface area contributed by atoms with Crippen molar-refractivity contribution in [2.45, 2.75) is 13.5 Å². The van der Waals surface area contributed by atoms with Crippen molar-refractivity contribution in [2.24, 2.45) is 4.99 Å². The molecular weight excluding hydrogens is 533 g/mol. The van der Waals surface area contributed by atoms with E-state index in [1.165, 1.54) is 36.0 Å². The second-order valence-corrected chi connectivity index (χ2v) is 9.16. The van der Waals surface area contributed by atoms with Crippen LogP contribution < -0.4 is 14.8 Å². The summed E-state index contributed by atoms with van der Waals surface area (Å²) in [6.45, 7) is 2.48. The summed E-state index contributed by atoms with van der Waals surface area (Å²) < 4.78 is 25.6. The summed E-state index contributed by atoms with van der Waals surface area (Å²) in [5, 5.41) is 12.4. The van der Waals surface area contributed by atoms with E-state index in [0.29, 0.717) is 43.9 Å². The summed E-state index contributed by atoms with van der Waals surface area (Å²) >= 11 is 4.73. The van der Waals surface area contributed by atoms with Crippen molar-refractivity contribution in [2.75, 3.05) is 6.61 Å². The third kappa shape index (κ3) is 6.10. The van der Waals surface area contributed by atoms with E-state index in [0.717, 1.165) is 11.1 Å². The highest BCUT2D eigenvalue weighted by Gasteiger charge is 2.24. The predicted molar refractivity (Wildman–Crippen MR) is 138 cm³/mol. The van der Waals surface area contributed by atoms with Crippen LogP contribution in [0.3, 0.4) is 0 Å². The lowest BCUT2D eigenvalue weighted by molar-refractivity contribution is -0.115. The van der Waals surface area contributed by atoms with Crippen LogP contribution in [0.25, 0.3) is 6.08 Å². The van der Waals surface area contributed by atoms with Crippen LogP contribution in [0.2, 0.25) is 0 Å². The number of carbonyl (C=O) groups excluding carboxylic acids is 1. The Bertz CT molecular complexity index is 1370. The van der Waals surface area contributed by atoms with Crippen molar-refractivity contribution in [3.05, 3.63) is 92.5 Å². The molecule has 0 atom stereocenters. The molecular formula is C26H19BrFN3O3S. The van der Waals surface area contributed by atoms with Gasteiger partial charge >= 0.3 is 0 Å². The smallest absolute Gasteiger partial charge is 0.264 e. The van der Waals surface area contributed by atoms with Crippen LogP contribution >= 0.6 is 27.7 Å². The molecule has 1 aliphatic rings. The Labute approximate surface area is 214 Å². The maximum atomic E-state index is 13.1. The van der Waals surface area contributed by atoms with Gasteiger partial charge in [0, 0.05) is 5.56 Å². The van der Waals surface area contributed by atoms with Crippen LogP contribution in [0.15, 0.2) is 75.0 Å². The molecule has 0 aromatic heterocycles. The first-order valence-corrected chi connectivity index (χ1v) is 12.2. The summed E-state index contributed by atoms with van der Waals surface area (Å²) in [5.41, 5.74) is 2.58. The summed E-state index contributed by atoms with van der Waals surface area (Å²) in [4.78, 5) is 17.3. The van der Waals surface area contributed by atoms with Gasteiger partial charge in [0.15, 0.2) is 16.7 Å². The molecule has 4 rings (SSSR count). The van der Waals surface area contributed by atoms with Crippen LogP contribution in [-0.2, 0) is 11.4 Å². The van der Waals surface area contributed by atoms with Crippen LogP contribution in [0.4, 0.5) is 10.1 Å². The maximum Gasteiger partial charge on any atom is 0.264 e. The van der Waals surface area contributed by atoms with Crippen LogP contribution in [0.1, 0.15) is 23.6 Å². The van der Waals surface area contributed by atoms with E-state index in [1.807, 2.05) is 25.1 Å². The van der Waals surface area contributed by atoms with E-state index in [1.54, 1.807) is 24.3 Å². The minimum atomic E-state index is -0.352. The highest BCUT2D eigenvalue weighted by atomic mass is 79.9. The van der Waals surface area contributed by atoms with Crippen LogP contribution in [0.5, 0.6) is 11.5 Å². The molecule has 1 N–H and O–H groups in total. The van der Waals surface area contributed by atoms with E-state index in [2.05, 4.69) is 32.3 Å². The van der Waals surface area contributed by atoms with Gasteiger partial charge in [-0.15, -0.1) is 0 Å². The number of rotatable bonds is 7. The molecule has 3 aromatic rings. The largest absolute Gasteiger partial charge is 0.490 e. The van der Waals surface area contributed by atoms with E-state index in [9.17, 15) is 14.4 Å². The molecule has 1 saturated heterocycles. The second-order valence-electron chi connectivity index (χ2n) is 7.28. The average Bonchev–Trinajstić information content (AvgIpc) is 3.18. The van der Waals surface area contributed by atoms with Gasteiger partial charge in [-0.25, -0.2) is 9.38 Å². The van der Waals surface area contributed by atoms with Crippen molar-refractivity contribution >= 4 is 50.5 Å². The van der Waals surface area contributed by atoms with Gasteiger partial charge in [0.25, 0.3) is 5.91 Å². The number of nitriles is 1. The monoisotopic (exact) mass is 551 g/mol. The fourth-order valence-corrected chi connectivity index (χ4v) is 4.66. The maximum absolute atomic E-state index is 13.1. The molecule has 1 heterocycles. The Hall–Kier alpha value is -3.61. The van der Waals surface area contributed by atoms with E-state index in [-0.39, 0.29) is 18.3 Å². The molecule has 176 valence electrons. The lowest BCUT2D eigenvalue weighted by Gasteiger charge is -2.15. The Morgan fingerprint density at radius 3 is 2.69 bits per heavy atom. The lowest BCUT2D eigenvalue weighted by atomic mass is 10.1. The number of amidine groups is 1. The highest BCUT2D eigenvalue weighted by molar-refractivity contribution is 9.10. The zero-order chi connectivity index (χ0) is 24.8. The molecule has 35 heavy (non-hydrogen) atoms. The molecule has 1 amide bonds. The van der Waals surface area contributed by atoms with Crippen LogP contribution in [-0.4, -0.2) is 17.7 Å². The highest BCUT2D eigenvalue weighted by Crippen LogP contribution is 2.39. The van der Waals surface area contributed by atoms with E-state index in [4.69, 9.17) is 9.47 Å². The number of aliphatic imine (C=N–C) groups is 1. The molecule has 1 aliphatic heterocycles. The van der Waals surface area contributed by atoms with E-state index < -0.39 is 0 Å². The first-order chi connectivity index (χ1) is 17.0. The van der Waals surface area contributed by atoms with Crippen molar-refractivity contribution in [3.63, 3.8) is 0 Å². The average molecular weight is 552 g/mol. The molecule has 9 heteroatoms. The second kappa shape index (κ2) is 11.2. The van der Waals surface area contributed by atoms with Gasteiger partial charge in [0.05, 0.1) is 33.3 Å². The Kier molecular flexibility index (Phi) is 7.85. The molecule has 0 bridgehead atoms. The standard InChI is InChI=1S/C26H19BrFN3O3S/c1-2-33-22-12-16(11-21(27)24(22)34-15-18-6-4-3-5-17(18)14-29)13-23-25(32)31-26(35-23)30-20-9-7-19(28)8-10-20/h3-13H,2,15H2,1H3,(H,30,31,32)/b23-13+. The summed E-state index contributed by atoms with van der Waals surface area (Å²) in [7, 11) is 0. The molecule has 0 spiro atoms. The van der Waals surface area contributed by atoms with Crippen LogP contribution in [0, 0.1) is 17.1 Å². The number of halogens is 2. The molecule has 0 aliphatic carbocycles. The summed E-state index contributed by atoms with van der Waals surface area (Å²) in [6.07, 6.45) is 1.73. The molecule has 1 fully saturated rings. The fraction of sp³-hybridized carbons (Fsp3) is 0.115. The number of nitrogens with one attached hydrogen (secondary N) is 1. The summed E-state index contributed by atoms with van der Waals surface area (Å²) in [5.74, 6) is 0.379. The summed E-state index contributed by atoms with van der Waals surface area (Å²) in [6, 6.07) is 18.7. The predicted octanol–water partition coefficient (Wildman–Crippen LogP) is 6.33. The van der Waals surface area contributed by atoms with Crippen molar-refractivity contribution in [1.29, 1.82) is 5.26 Å². The molecule has 0 radical (unpaired) electrons. The van der Waals surface area contributed by atoms with Gasteiger partial charge in [0.1, 0.15) is 12.4 Å². The van der Waals surface area contributed by atoms with E-state index >= 15 is 0 Å². The fourth-order valence-electron chi connectivity index (χ4n) is 3.24. The topological polar surface area (TPSA) is 83.7 Å². The first kappa shape index (κ1) is 24.5. The SMILES string of the molecule is CCOc1cc(/C=C2/SC(=Nc3ccc(F)cc3)NC2=O)cc(Br)c1OCc1ccccc1C#N. The number of amides is 1. The van der Waals surface area contributed by atoms with Gasteiger partial charge in [-0.2, -0.15) is 5.26 Å². The number of hydrogen-bond donors (Lipinski definition) is 1. The first-order valence-electron chi connectivity index (χ1n) is 10.6. The van der Waals surface area contributed by atoms with Crippen molar-refractivity contribution in [3.8, 4) is 17.6 Å². The normalized spacial score (nSPS) is 15.2. The Morgan fingerprint density at radius 1 is 1.17 bits per heavy atom. The number of ether oxygens (including phenoxy) is 2. The molecule has 3 aromatic carbocycles. The van der Waals surface area contributed by atoms with Crippen molar-refractivity contribution in [1.82, 2.24) is 5.32 Å². The van der Waals surface area contributed by atoms with Crippen molar-refractivity contribution < 1.29 is 18.7 Å². The van der Waals surface area contributed by atoms with Gasteiger partial charge in [-0.05, 0) is 88.7 Å². The lowest BCUT2D eigenvalue weighted by Crippen LogP contribution is -2.19. The van der Waals surface area contributed by atoms with Gasteiger partial charge in [-0.1, -0.05) is 18.2 Å². The Balaban J connectivity index is 1.57. The number of thioether (sulfide) groups is 1. The number of hydrogen-bond acceptors (Lipinski definition) is 6. The zero-order valence-corrected chi connectivity index (χ0v) is 21.0. The number of carbonyl (C=O) groups is 1. The third-order valence-corrected chi connectivity index (χ3v) is 6.35. The van der Waals surface area contributed by atoms with Gasteiger partial charge in [0.2, 0.25) is 0 Å². The number of nitrogens with zero attached hydrogens (tertiary/aromatic N) is 2. The molecule has 0 saturated carbocycles. The minimum Gasteiger partial charge on any atom is -0.490 e. The Morgan fingerprint density at radius 2 is 1.94 bits per heavy atom. The quantitative estimate of drug-likeness (QED) is 0.347. The zero-order valence-electron chi connectivity index (χ0n) is 18.5. The number of benzene rings is 3. The molecule has 6 nitrogen and oxygen atoms in total. The van der Waals surface area contributed by atoms with Gasteiger partial charge in [-0.3, -0.25) is 4.79 Å². The van der Waals surface area contributed by atoms with Gasteiger partial charge < -0.3 is 14.8 Å². The third-order valence-electron chi connectivity index (χ3n) is 4.85. The molecule has 0 unspecified atom stereocenters.